The predicted molar refractivity (Wildman–Crippen MR) is 225 cm³/mol. The van der Waals surface area contributed by atoms with E-state index in [0.29, 0.717) is 34.2 Å². The van der Waals surface area contributed by atoms with Crippen LogP contribution in [-0.4, -0.2) is 35.0 Å². The average Bonchev–Trinajstić information content (AvgIpc) is 3.66. The number of carbonyl (C=O) groups is 3. The quantitative estimate of drug-likeness (QED) is 0.285. The molecule has 1 N–H and O–H groups in total. The SMILES string of the molecule is CC(C)N(C(=O)[C@H]1CC[C@H](C)C[C@@H]1C)c1cc(C#CC(C)(C)C)sc1C(=O)O.CC(C)N(C(=O)[C@H]1CC[C@H](C)C[C@@H]1C)c1csc(C#CC(C)(C)C)c1. The molecule has 2 saturated carbocycles. The van der Waals surface area contributed by atoms with Gasteiger partial charge in [-0.15, -0.1) is 22.7 Å². The molecule has 0 aliphatic heterocycles. The molecular formula is C45H66N2O4S2. The van der Waals surface area contributed by atoms with Crippen LogP contribution in [0.3, 0.4) is 0 Å². The van der Waals surface area contributed by atoms with Gasteiger partial charge in [-0.2, -0.15) is 0 Å². The summed E-state index contributed by atoms with van der Waals surface area (Å²) in [5.74, 6) is 14.4. The highest BCUT2D eigenvalue weighted by atomic mass is 32.1. The van der Waals surface area contributed by atoms with E-state index in [4.69, 9.17) is 0 Å². The van der Waals surface area contributed by atoms with E-state index < -0.39 is 5.97 Å². The molecule has 0 bridgehead atoms. The summed E-state index contributed by atoms with van der Waals surface area (Å²) in [6, 6.07) is 3.91. The van der Waals surface area contributed by atoms with Gasteiger partial charge in [-0.25, -0.2) is 4.79 Å². The molecular weight excluding hydrogens is 697 g/mol. The zero-order chi connectivity index (χ0) is 40.0. The second kappa shape index (κ2) is 18.5. The van der Waals surface area contributed by atoms with Crippen molar-refractivity contribution in [3.05, 3.63) is 32.1 Å². The molecule has 0 spiro atoms. The highest BCUT2D eigenvalue weighted by molar-refractivity contribution is 7.15. The summed E-state index contributed by atoms with van der Waals surface area (Å²) in [6.45, 7) is 29.4. The largest absolute Gasteiger partial charge is 0.477 e. The number of rotatable bonds is 7. The molecule has 2 aromatic rings. The Labute approximate surface area is 329 Å². The number of nitrogens with zero attached hydrogens (tertiary/aromatic N) is 2. The molecule has 2 aliphatic rings. The van der Waals surface area contributed by atoms with Crippen molar-refractivity contribution in [2.45, 2.75) is 148 Å². The van der Waals surface area contributed by atoms with Crippen molar-refractivity contribution in [3.8, 4) is 23.7 Å². The first-order valence-corrected chi connectivity index (χ1v) is 21.4. The number of aromatic carboxylic acids is 1. The van der Waals surface area contributed by atoms with Gasteiger partial charge >= 0.3 is 5.97 Å². The van der Waals surface area contributed by atoms with E-state index in [2.05, 4.69) is 97.4 Å². The third-order valence-corrected chi connectivity index (χ3v) is 12.0. The van der Waals surface area contributed by atoms with Gasteiger partial charge in [0.05, 0.1) is 21.1 Å². The molecule has 8 heteroatoms. The van der Waals surface area contributed by atoms with E-state index in [1.807, 2.05) is 39.5 Å². The minimum absolute atomic E-state index is 0.00801. The lowest BCUT2D eigenvalue weighted by Gasteiger charge is -2.37. The fraction of sp³-hybridized carbons (Fsp3) is 0.667. The van der Waals surface area contributed by atoms with Gasteiger partial charge < -0.3 is 14.9 Å². The molecule has 0 unspecified atom stereocenters. The Morgan fingerprint density at radius 2 is 1.17 bits per heavy atom. The molecule has 2 fully saturated rings. The molecule has 6 atom stereocenters. The van der Waals surface area contributed by atoms with Crippen LogP contribution in [0.1, 0.15) is 155 Å². The minimum Gasteiger partial charge on any atom is -0.477 e. The summed E-state index contributed by atoms with van der Waals surface area (Å²) in [5.41, 5.74) is 1.32. The van der Waals surface area contributed by atoms with Crippen molar-refractivity contribution in [1.29, 1.82) is 0 Å². The molecule has 2 aliphatic carbocycles. The van der Waals surface area contributed by atoms with E-state index >= 15 is 0 Å². The standard InChI is InChI=1S/C23H33NO3S.C22H33NOS/c1-14(2)24(21(25)18-9-8-15(3)12-16(18)4)19-13-17(10-11-23(5,6)7)28-20(19)22(26)27;1-15(2)23(21(24)20-9-8-16(3)12-17(20)4)18-13-19(25-14-18)10-11-22(5,6)7/h13-16,18H,8-9,12H2,1-7H3,(H,26,27);13-17,20H,8-9,12H2,1-7H3/t15-,16-,18-;16-,17-,20-/m00/s1. The Kier molecular flexibility index (Phi) is 15.5. The van der Waals surface area contributed by atoms with Gasteiger partial charge in [0.25, 0.3) is 0 Å². The van der Waals surface area contributed by atoms with Crippen molar-refractivity contribution in [2.24, 2.45) is 46.3 Å². The van der Waals surface area contributed by atoms with Crippen LogP contribution in [-0.2, 0) is 9.59 Å². The second-order valence-corrected chi connectivity index (χ2v) is 20.4. The maximum Gasteiger partial charge on any atom is 0.348 e. The van der Waals surface area contributed by atoms with Crippen LogP contribution in [0.5, 0.6) is 0 Å². The number of hydrogen-bond acceptors (Lipinski definition) is 5. The Hall–Kier alpha value is -3.07. The Bertz CT molecular complexity index is 1700. The highest BCUT2D eigenvalue weighted by Gasteiger charge is 2.37. The number of carbonyl (C=O) groups excluding carboxylic acids is 2. The van der Waals surface area contributed by atoms with E-state index in [1.165, 1.54) is 6.42 Å². The predicted octanol–water partition coefficient (Wildman–Crippen LogP) is 11.6. The van der Waals surface area contributed by atoms with Gasteiger partial charge in [0.1, 0.15) is 4.88 Å². The van der Waals surface area contributed by atoms with Crippen LogP contribution in [0, 0.1) is 70.0 Å². The van der Waals surface area contributed by atoms with Crippen molar-refractivity contribution >= 4 is 51.8 Å². The monoisotopic (exact) mass is 762 g/mol. The van der Waals surface area contributed by atoms with Gasteiger partial charge in [0, 0.05) is 40.1 Å². The summed E-state index contributed by atoms with van der Waals surface area (Å²) in [5, 5.41) is 11.8. The Morgan fingerprint density at radius 1 is 0.717 bits per heavy atom. The van der Waals surface area contributed by atoms with Gasteiger partial charge in [-0.1, -0.05) is 51.4 Å². The fourth-order valence-corrected chi connectivity index (χ4v) is 9.11. The lowest BCUT2D eigenvalue weighted by atomic mass is 9.75. The first-order valence-electron chi connectivity index (χ1n) is 19.7. The average molecular weight is 763 g/mol. The molecule has 0 radical (unpaired) electrons. The molecule has 0 aromatic carbocycles. The van der Waals surface area contributed by atoms with E-state index in [1.54, 1.807) is 22.3 Å². The topological polar surface area (TPSA) is 77.9 Å². The number of carboxylic acid groups (broad SMARTS) is 1. The lowest BCUT2D eigenvalue weighted by molar-refractivity contribution is -0.126. The minimum atomic E-state index is -1.01. The zero-order valence-electron chi connectivity index (χ0n) is 35.0. The van der Waals surface area contributed by atoms with Gasteiger partial charge in [-0.05, 0) is 144 Å². The molecule has 6 nitrogen and oxygen atoms in total. The maximum atomic E-state index is 13.5. The van der Waals surface area contributed by atoms with Crippen LogP contribution in [0.4, 0.5) is 11.4 Å². The first kappa shape index (κ1) is 44.3. The van der Waals surface area contributed by atoms with Gasteiger partial charge in [0.15, 0.2) is 0 Å². The van der Waals surface area contributed by atoms with Crippen LogP contribution in [0.2, 0.25) is 0 Å². The third-order valence-electron chi connectivity index (χ3n) is 10.2. The van der Waals surface area contributed by atoms with Gasteiger partial charge in [0.2, 0.25) is 11.8 Å². The molecule has 4 rings (SSSR count). The van der Waals surface area contributed by atoms with Gasteiger partial charge in [-0.3, -0.25) is 9.59 Å². The van der Waals surface area contributed by atoms with Crippen LogP contribution in [0.15, 0.2) is 17.5 Å². The summed E-state index contributed by atoms with van der Waals surface area (Å²) < 4.78 is 0. The van der Waals surface area contributed by atoms with E-state index in [-0.39, 0.29) is 45.5 Å². The maximum absolute atomic E-state index is 13.5. The summed E-state index contributed by atoms with van der Waals surface area (Å²) in [6.07, 6.45) is 6.30. The molecule has 53 heavy (non-hydrogen) atoms. The zero-order valence-corrected chi connectivity index (χ0v) is 36.6. The normalized spacial score (nSPS) is 23.2. The smallest absolute Gasteiger partial charge is 0.348 e. The number of carboxylic acids is 1. The van der Waals surface area contributed by atoms with Crippen molar-refractivity contribution in [2.75, 3.05) is 9.80 Å². The van der Waals surface area contributed by atoms with Crippen molar-refractivity contribution in [1.82, 2.24) is 0 Å². The number of hydrogen-bond donors (Lipinski definition) is 1. The van der Waals surface area contributed by atoms with Crippen molar-refractivity contribution < 1.29 is 19.5 Å². The molecule has 2 heterocycles. The second-order valence-electron chi connectivity index (χ2n) is 18.4. The third kappa shape index (κ3) is 12.8. The van der Waals surface area contributed by atoms with Crippen LogP contribution < -0.4 is 9.80 Å². The number of amides is 2. The molecule has 0 saturated heterocycles. The Balaban J connectivity index is 0.000000287. The van der Waals surface area contributed by atoms with Crippen LogP contribution >= 0.6 is 22.7 Å². The first-order chi connectivity index (χ1) is 24.5. The van der Waals surface area contributed by atoms with Crippen LogP contribution in [0.25, 0.3) is 0 Å². The fourth-order valence-electron chi connectivity index (χ4n) is 7.54. The summed E-state index contributed by atoms with van der Waals surface area (Å²) in [4.78, 5) is 44.2. The number of anilines is 2. The summed E-state index contributed by atoms with van der Waals surface area (Å²) >= 11 is 2.79. The lowest BCUT2D eigenvalue weighted by Crippen LogP contribution is -2.44. The van der Waals surface area contributed by atoms with E-state index in [0.717, 1.165) is 59.9 Å². The molecule has 2 amide bonds. The summed E-state index contributed by atoms with van der Waals surface area (Å²) in [7, 11) is 0. The Morgan fingerprint density at radius 3 is 1.58 bits per heavy atom. The number of thiophene rings is 2. The molecule has 2 aromatic heterocycles. The van der Waals surface area contributed by atoms with E-state index in [9.17, 15) is 19.5 Å². The molecule has 292 valence electrons. The van der Waals surface area contributed by atoms with Crippen molar-refractivity contribution in [3.63, 3.8) is 0 Å². The highest BCUT2D eigenvalue weighted by Crippen LogP contribution is 2.39.